The smallest absolute Gasteiger partial charge is 0.309 e. The van der Waals surface area contributed by atoms with Crippen molar-refractivity contribution >= 4 is 5.97 Å². The molecule has 1 atom stereocenters. The van der Waals surface area contributed by atoms with Crippen LogP contribution < -0.4 is 0 Å². The average Bonchev–Trinajstić information content (AvgIpc) is 2.89. The number of rotatable bonds is 4. The molecule has 0 unspecified atom stereocenters. The number of carbonyl (C=O) groups excluding carboxylic acids is 1. The molecule has 0 radical (unpaired) electrons. The summed E-state index contributed by atoms with van der Waals surface area (Å²) in [5, 5.41) is 4.65. The number of esters is 1. The third-order valence-corrected chi connectivity index (χ3v) is 3.93. The highest BCUT2D eigenvalue weighted by Gasteiger charge is 2.27. The minimum absolute atomic E-state index is 0.00757. The summed E-state index contributed by atoms with van der Waals surface area (Å²) in [5.74, 6) is -0.0780. The van der Waals surface area contributed by atoms with Crippen molar-refractivity contribution in [3.8, 4) is 0 Å². The largest absolute Gasteiger partial charge is 0.466 e. The third kappa shape index (κ3) is 3.15. The lowest BCUT2D eigenvalue weighted by Crippen LogP contribution is -2.24. The van der Waals surface area contributed by atoms with Crippen LogP contribution >= 0.6 is 0 Å². The first-order valence-electron chi connectivity index (χ1n) is 7.52. The summed E-state index contributed by atoms with van der Waals surface area (Å²) in [6, 6.07) is 10.3. The van der Waals surface area contributed by atoms with Gasteiger partial charge in [0.15, 0.2) is 0 Å². The first-order chi connectivity index (χ1) is 10.3. The summed E-state index contributed by atoms with van der Waals surface area (Å²) in [7, 11) is 0. The fraction of sp³-hybridized carbons (Fsp3) is 0.412. The SMILES string of the molecule is CCOC(=O)[C@H]1CCc2nn(Cc3ccccc3)cc2C1. The van der Waals surface area contributed by atoms with Gasteiger partial charge in [-0.15, -0.1) is 0 Å². The molecule has 0 saturated heterocycles. The van der Waals surface area contributed by atoms with Crippen LogP contribution in [0.4, 0.5) is 0 Å². The molecule has 3 rings (SSSR count). The number of nitrogens with zero attached hydrogens (tertiary/aromatic N) is 2. The predicted octanol–water partition coefficient (Wildman–Crippen LogP) is 2.60. The van der Waals surface area contributed by atoms with E-state index in [2.05, 4.69) is 23.4 Å². The highest BCUT2D eigenvalue weighted by atomic mass is 16.5. The zero-order valence-electron chi connectivity index (χ0n) is 12.3. The number of fused-ring (bicyclic) bond motifs is 1. The van der Waals surface area contributed by atoms with Crippen LogP contribution in [0, 0.1) is 5.92 Å². The maximum atomic E-state index is 11.9. The molecule has 110 valence electrons. The van der Waals surface area contributed by atoms with Gasteiger partial charge in [0.1, 0.15) is 0 Å². The van der Waals surface area contributed by atoms with Gasteiger partial charge in [-0.1, -0.05) is 30.3 Å². The van der Waals surface area contributed by atoms with Crippen LogP contribution in [0.5, 0.6) is 0 Å². The van der Waals surface area contributed by atoms with E-state index in [1.165, 1.54) is 11.1 Å². The lowest BCUT2D eigenvalue weighted by molar-refractivity contribution is -0.148. The highest BCUT2D eigenvalue weighted by Crippen LogP contribution is 2.25. The van der Waals surface area contributed by atoms with E-state index in [1.54, 1.807) is 0 Å². The van der Waals surface area contributed by atoms with Crippen molar-refractivity contribution < 1.29 is 9.53 Å². The van der Waals surface area contributed by atoms with E-state index >= 15 is 0 Å². The summed E-state index contributed by atoms with van der Waals surface area (Å²) in [6.45, 7) is 3.08. The third-order valence-electron chi connectivity index (χ3n) is 3.93. The van der Waals surface area contributed by atoms with E-state index in [1.807, 2.05) is 29.8 Å². The van der Waals surface area contributed by atoms with E-state index in [9.17, 15) is 4.79 Å². The van der Waals surface area contributed by atoms with Gasteiger partial charge in [0, 0.05) is 6.20 Å². The van der Waals surface area contributed by atoms with Gasteiger partial charge >= 0.3 is 5.97 Å². The molecule has 0 N–H and O–H groups in total. The van der Waals surface area contributed by atoms with E-state index < -0.39 is 0 Å². The van der Waals surface area contributed by atoms with Gasteiger partial charge in [0.25, 0.3) is 0 Å². The number of aromatic nitrogens is 2. The molecule has 0 bridgehead atoms. The van der Waals surface area contributed by atoms with Crippen LogP contribution in [0.3, 0.4) is 0 Å². The molecule has 1 aliphatic rings. The molecule has 1 aliphatic carbocycles. The normalized spacial score (nSPS) is 17.3. The first-order valence-corrected chi connectivity index (χ1v) is 7.52. The maximum Gasteiger partial charge on any atom is 0.309 e. The molecule has 0 amide bonds. The van der Waals surface area contributed by atoms with Crippen molar-refractivity contribution in [1.29, 1.82) is 0 Å². The molecule has 0 spiro atoms. The minimum Gasteiger partial charge on any atom is -0.466 e. The fourth-order valence-electron chi connectivity index (χ4n) is 2.87. The molecule has 21 heavy (non-hydrogen) atoms. The number of ether oxygens (including phenoxy) is 1. The van der Waals surface area contributed by atoms with Gasteiger partial charge in [0.05, 0.1) is 24.8 Å². The molecular formula is C17H20N2O2. The molecule has 0 aliphatic heterocycles. The second-order valence-electron chi connectivity index (χ2n) is 5.48. The van der Waals surface area contributed by atoms with E-state index in [0.717, 1.165) is 31.5 Å². The molecule has 4 nitrogen and oxygen atoms in total. The molecule has 1 aromatic heterocycles. The van der Waals surface area contributed by atoms with Crippen molar-refractivity contribution in [2.24, 2.45) is 5.92 Å². The van der Waals surface area contributed by atoms with Crippen LogP contribution in [-0.2, 0) is 28.9 Å². The van der Waals surface area contributed by atoms with Gasteiger partial charge in [0.2, 0.25) is 0 Å². The lowest BCUT2D eigenvalue weighted by atomic mass is 9.88. The fourth-order valence-corrected chi connectivity index (χ4v) is 2.87. The Balaban J connectivity index is 1.71. The quantitative estimate of drug-likeness (QED) is 0.811. The van der Waals surface area contributed by atoms with E-state index in [4.69, 9.17) is 4.74 Å². The zero-order valence-corrected chi connectivity index (χ0v) is 12.3. The lowest BCUT2D eigenvalue weighted by Gasteiger charge is -2.19. The Bertz CT molecular complexity index is 619. The number of benzene rings is 1. The van der Waals surface area contributed by atoms with Crippen molar-refractivity contribution in [2.75, 3.05) is 6.61 Å². The first kappa shape index (κ1) is 13.9. The summed E-state index contributed by atoms with van der Waals surface area (Å²) in [6.07, 6.45) is 4.53. The number of carbonyl (C=O) groups is 1. The Kier molecular flexibility index (Phi) is 4.04. The van der Waals surface area contributed by atoms with Crippen molar-refractivity contribution in [3.63, 3.8) is 0 Å². The van der Waals surface area contributed by atoms with E-state index in [-0.39, 0.29) is 11.9 Å². The van der Waals surface area contributed by atoms with Crippen molar-refractivity contribution in [3.05, 3.63) is 53.3 Å². The van der Waals surface area contributed by atoms with Gasteiger partial charge in [-0.05, 0) is 37.3 Å². The second kappa shape index (κ2) is 6.12. The number of hydrogen-bond acceptors (Lipinski definition) is 3. The monoisotopic (exact) mass is 284 g/mol. The standard InChI is InChI=1S/C17H20N2O2/c1-2-21-17(20)14-8-9-16-15(10-14)12-19(18-16)11-13-6-4-3-5-7-13/h3-7,12,14H,2,8-11H2,1H3/t14-/m0/s1. The summed E-state index contributed by atoms with van der Waals surface area (Å²) < 4.78 is 7.11. The number of hydrogen-bond donors (Lipinski definition) is 0. The van der Waals surface area contributed by atoms with Gasteiger partial charge in [-0.25, -0.2) is 0 Å². The topological polar surface area (TPSA) is 44.1 Å². The van der Waals surface area contributed by atoms with Crippen LogP contribution in [0.25, 0.3) is 0 Å². The average molecular weight is 284 g/mol. The zero-order chi connectivity index (χ0) is 14.7. The Hall–Kier alpha value is -2.10. The second-order valence-corrected chi connectivity index (χ2v) is 5.48. The Labute approximate surface area is 124 Å². The van der Waals surface area contributed by atoms with Crippen LogP contribution in [-0.4, -0.2) is 22.4 Å². The Morgan fingerprint density at radius 1 is 1.38 bits per heavy atom. The van der Waals surface area contributed by atoms with E-state index in [0.29, 0.717) is 6.61 Å². The van der Waals surface area contributed by atoms with Crippen LogP contribution in [0.15, 0.2) is 36.5 Å². The Morgan fingerprint density at radius 3 is 2.95 bits per heavy atom. The summed E-state index contributed by atoms with van der Waals surface area (Å²) in [4.78, 5) is 11.9. The molecular weight excluding hydrogens is 264 g/mol. The van der Waals surface area contributed by atoms with Crippen LogP contribution in [0.2, 0.25) is 0 Å². The highest BCUT2D eigenvalue weighted by molar-refractivity contribution is 5.73. The summed E-state index contributed by atoms with van der Waals surface area (Å²) in [5.41, 5.74) is 3.56. The molecule has 1 aromatic carbocycles. The molecule has 0 fully saturated rings. The summed E-state index contributed by atoms with van der Waals surface area (Å²) >= 11 is 0. The van der Waals surface area contributed by atoms with Gasteiger partial charge in [-0.2, -0.15) is 5.10 Å². The number of aryl methyl sites for hydroxylation is 1. The maximum absolute atomic E-state index is 11.9. The molecule has 2 aromatic rings. The van der Waals surface area contributed by atoms with Crippen molar-refractivity contribution in [2.45, 2.75) is 32.7 Å². The predicted molar refractivity (Wildman–Crippen MR) is 79.9 cm³/mol. The molecule has 0 saturated carbocycles. The molecule has 4 heteroatoms. The van der Waals surface area contributed by atoms with Gasteiger partial charge < -0.3 is 4.74 Å². The van der Waals surface area contributed by atoms with Gasteiger partial charge in [-0.3, -0.25) is 9.48 Å². The molecule has 1 heterocycles. The Morgan fingerprint density at radius 2 is 2.19 bits per heavy atom. The van der Waals surface area contributed by atoms with Crippen LogP contribution in [0.1, 0.15) is 30.2 Å². The van der Waals surface area contributed by atoms with Crippen molar-refractivity contribution in [1.82, 2.24) is 9.78 Å². The minimum atomic E-state index is -0.0704.